The van der Waals surface area contributed by atoms with Crippen LogP contribution in [0.2, 0.25) is 5.02 Å². The molecule has 5 heteroatoms. The predicted molar refractivity (Wildman–Crippen MR) is 92.6 cm³/mol. The van der Waals surface area contributed by atoms with Crippen LogP contribution in [0.15, 0.2) is 47.6 Å². The van der Waals surface area contributed by atoms with E-state index in [0.717, 1.165) is 17.0 Å². The van der Waals surface area contributed by atoms with Crippen LogP contribution in [-0.4, -0.2) is 19.3 Å². The molecular formula is C17H19ClFN3. The summed E-state index contributed by atoms with van der Waals surface area (Å²) in [4.78, 5) is 0. The van der Waals surface area contributed by atoms with Crippen molar-refractivity contribution < 1.29 is 4.39 Å². The lowest BCUT2D eigenvalue weighted by Gasteiger charge is -2.19. The van der Waals surface area contributed by atoms with E-state index >= 15 is 0 Å². The van der Waals surface area contributed by atoms with E-state index in [0.29, 0.717) is 17.3 Å². The van der Waals surface area contributed by atoms with Crippen molar-refractivity contribution in [3.05, 3.63) is 58.9 Å². The number of nitrogens with one attached hydrogen (secondary N) is 1. The normalized spacial score (nSPS) is 11.4. The van der Waals surface area contributed by atoms with Gasteiger partial charge in [0.1, 0.15) is 5.82 Å². The highest BCUT2D eigenvalue weighted by molar-refractivity contribution is 6.31. The Hall–Kier alpha value is -2.07. The van der Waals surface area contributed by atoms with Gasteiger partial charge in [0.2, 0.25) is 0 Å². The third-order valence-corrected chi connectivity index (χ3v) is 3.58. The van der Waals surface area contributed by atoms with E-state index < -0.39 is 0 Å². The Morgan fingerprint density at radius 1 is 1.27 bits per heavy atom. The fraction of sp³-hybridized carbons (Fsp3) is 0.235. The second kappa shape index (κ2) is 7.27. The topological polar surface area (TPSA) is 27.6 Å². The lowest BCUT2D eigenvalue weighted by atomic mass is 10.1. The molecule has 2 aromatic rings. The van der Waals surface area contributed by atoms with Gasteiger partial charge in [0, 0.05) is 29.9 Å². The molecule has 0 fully saturated rings. The van der Waals surface area contributed by atoms with Crippen LogP contribution >= 0.6 is 11.6 Å². The van der Waals surface area contributed by atoms with E-state index in [1.54, 1.807) is 23.2 Å². The number of halogens is 2. The molecule has 0 amide bonds. The van der Waals surface area contributed by atoms with Crippen LogP contribution in [-0.2, 0) is 0 Å². The lowest BCUT2D eigenvalue weighted by molar-refractivity contribution is 0.620. The molecule has 0 bridgehead atoms. The maximum atomic E-state index is 13.9. The molecule has 0 saturated carbocycles. The number of rotatable bonds is 5. The van der Waals surface area contributed by atoms with Crippen molar-refractivity contribution in [2.45, 2.75) is 13.8 Å². The second-order valence-corrected chi connectivity index (χ2v) is 5.23. The summed E-state index contributed by atoms with van der Waals surface area (Å²) >= 11 is 6.07. The lowest BCUT2D eigenvalue weighted by Crippen LogP contribution is -2.19. The molecule has 0 saturated heterocycles. The van der Waals surface area contributed by atoms with Gasteiger partial charge in [0.25, 0.3) is 0 Å². The van der Waals surface area contributed by atoms with Crippen molar-refractivity contribution in [1.29, 1.82) is 0 Å². The summed E-state index contributed by atoms with van der Waals surface area (Å²) in [7, 11) is 1.84. The number of benzene rings is 2. The zero-order valence-corrected chi connectivity index (χ0v) is 13.7. The summed E-state index contributed by atoms with van der Waals surface area (Å²) in [6.07, 6.45) is 0. The first-order chi connectivity index (χ1) is 10.6. The molecule has 0 aliphatic rings. The Kier molecular flexibility index (Phi) is 5.39. The van der Waals surface area contributed by atoms with Gasteiger partial charge in [-0.15, -0.1) is 0 Å². The van der Waals surface area contributed by atoms with E-state index in [1.807, 2.05) is 39.1 Å². The van der Waals surface area contributed by atoms with Crippen LogP contribution in [0.3, 0.4) is 0 Å². The Morgan fingerprint density at radius 2 is 2.00 bits per heavy atom. The maximum Gasteiger partial charge on any atom is 0.148 e. The molecule has 0 aliphatic heterocycles. The largest absolute Gasteiger partial charge is 0.388 e. The predicted octanol–water partition coefficient (Wildman–Crippen LogP) is 4.77. The minimum atomic E-state index is -0.291. The minimum absolute atomic E-state index is 0.291. The molecule has 3 nitrogen and oxygen atoms in total. The standard InChI is InChI=1S/C17H19ClFN3/c1-4-22(17-8-6-5-7-15(17)19)21-12(2)14-11-13(18)9-10-16(14)20-3/h5-11,20H,4H2,1-3H3/b21-12-. The van der Waals surface area contributed by atoms with Crippen LogP contribution < -0.4 is 10.3 Å². The molecule has 0 atom stereocenters. The fourth-order valence-corrected chi connectivity index (χ4v) is 2.40. The van der Waals surface area contributed by atoms with Gasteiger partial charge in [0.05, 0.1) is 11.4 Å². The first-order valence-corrected chi connectivity index (χ1v) is 7.49. The van der Waals surface area contributed by atoms with Gasteiger partial charge in [-0.05, 0) is 44.2 Å². The molecule has 0 aliphatic carbocycles. The van der Waals surface area contributed by atoms with Crippen molar-refractivity contribution in [2.75, 3.05) is 23.9 Å². The molecule has 0 unspecified atom stereocenters. The highest BCUT2D eigenvalue weighted by atomic mass is 35.5. The molecule has 1 N–H and O–H groups in total. The summed E-state index contributed by atoms with van der Waals surface area (Å²) in [5, 5.41) is 9.95. The van der Waals surface area contributed by atoms with Crippen molar-refractivity contribution in [3.8, 4) is 0 Å². The number of nitrogens with zero attached hydrogens (tertiary/aromatic N) is 2. The average molecular weight is 320 g/mol. The zero-order chi connectivity index (χ0) is 16.1. The van der Waals surface area contributed by atoms with Gasteiger partial charge in [0.15, 0.2) is 0 Å². The summed E-state index contributed by atoms with van der Waals surface area (Å²) in [5.41, 5.74) is 3.04. The van der Waals surface area contributed by atoms with Crippen LogP contribution in [0.1, 0.15) is 19.4 Å². The monoisotopic (exact) mass is 319 g/mol. The van der Waals surface area contributed by atoms with Crippen LogP contribution in [0.5, 0.6) is 0 Å². The van der Waals surface area contributed by atoms with Gasteiger partial charge in [-0.25, -0.2) is 4.39 Å². The Labute approximate surface area is 135 Å². The number of hydrogen-bond donors (Lipinski definition) is 1. The summed E-state index contributed by atoms with van der Waals surface area (Å²) in [5.74, 6) is -0.291. The van der Waals surface area contributed by atoms with Crippen molar-refractivity contribution in [3.63, 3.8) is 0 Å². The zero-order valence-electron chi connectivity index (χ0n) is 12.9. The number of para-hydroxylation sites is 1. The van der Waals surface area contributed by atoms with E-state index in [4.69, 9.17) is 11.6 Å². The van der Waals surface area contributed by atoms with Gasteiger partial charge < -0.3 is 5.32 Å². The fourth-order valence-electron chi connectivity index (χ4n) is 2.22. The molecule has 116 valence electrons. The van der Waals surface area contributed by atoms with Crippen molar-refractivity contribution >= 4 is 28.7 Å². The highest BCUT2D eigenvalue weighted by Gasteiger charge is 2.11. The second-order valence-electron chi connectivity index (χ2n) is 4.79. The molecule has 0 radical (unpaired) electrons. The molecule has 22 heavy (non-hydrogen) atoms. The number of hydrogen-bond acceptors (Lipinski definition) is 3. The van der Waals surface area contributed by atoms with Crippen molar-refractivity contribution in [2.24, 2.45) is 5.10 Å². The van der Waals surface area contributed by atoms with Gasteiger partial charge in [-0.2, -0.15) is 5.10 Å². The SMILES string of the molecule is CCN(/N=C(/C)c1cc(Cl)ccc1NC)c1ccccc1F. The first-order valence-electron chi connectivity index (χ1n) is 7.11. The first kappa shape index (κ1) is 16.3. The molecule has 0 heterocycles. The summed E-state index contributed by atoms with van der Waals surface area (Å²) in [6, 6.07) is 12.2. The van der Waals surface area contributed by atoms with E-state index in [9.17, 15) is 4.39 Å². The van der Waals surface area contributed by atoms with Crippen LogP contribution in [0.25, 0.3) is 0 Å². The highest BCUT2D eigenvalue weighted by Crippen LogP contribution is 2.23. The number of hydrazone groups is 1. The summed E-state index contributed by atoms with van der Waals surface area (Å²) in [6.45, 7) is 4.38. The maximum absolute atomic E-state index is 13.9. The van der Waals surface area contributed by atoms with Crippen molar-refractivity contribution in [1.82, 2.24) is 0 Å². The molecular weight excluding hydrogens is 301 g/mol. The Balaban J connectivity index is 2.42. The molecule has 2 rings (SSSR count). The third-order valence-electron chi connectivity index (χ3n) is 3.34. The van der Waals surface area contributed by atoms with Crippen LogP contribution in [0.4, 0.5) is 15.8 Å². The molecule has 2 aromatic carbocycles. The molecule has 0 aromatic heterocycles. The Morgan fingerprint density at radius 3 is 2.64 bits per heavy atom. The van der Waals surface area contributed by atoms with Gasteiger partial charge in [-0.3, -0.25) is 5.01 Å². The van der Waals surface area contributed by atoms with E-state index in [2.05, 4.69) is 10.4 Å². The minimum Gasteiger partial charge on any atom is -0.388 e. The Bertz CT molecular complexity index is 685. The quantitative estimate of drug-likeness (QED) is 0.635. The van der Waals surface area contributed by atoms with Gasteiger partial charge in [-0.1, -0.05) is 23.7 Å². The smallest absolute Gasteiger partial charge is 0.148 e. The van der Waals surface area contributed by atoms with Crippen LogP contribution in [0, 0.1) is 5.82 Å². The third kappa shape index (κ3) is 3.57. The van der Waals surface area contributed by atoms with E-state index in [-0.39, 0.29) is 5.82 Å². The van der Waals surface area contributed by atoms with Gasteiger partial charge >= 0.3 is 0 Å². The number of anilines is 2. The summed E-state index contributed by atoms with van der Waals surface area (Å²) < 4.78 is 13.9. The average Bonchev–Trinajstić information content (AvgIpc) is 2.53. The van der Waals surface area contributed by atoms with E-state index in [1.165, 1.54) is 6.07 Å². The molecule has 0 spiro atoms.